The van der Waals surface area contributed by atoms with Crippen molar-refractivity contribution in [1.82, 2.24) is 10.6 Å². The van der Waals surface area contributed by atoms with Gasteiger partial charge in [-0.3, -0.25) is 4.79 Å². The van der Waals surface area contributed by atoms with E-state index in [0.717, 1.165) is 31.5 Å². The predicted molar refractivity (Wildman–Crippen MR) is 78.2 cm³/mol. The highest BCUT2D eigenvalue weighted by molar-refractivity contribution is 6.30. The summed E-state index contributed by atoms with van der Waals surface area (Å²) in [5.41, 5.74) is 0.835. The molecule has 0 unspecified atom stereocenters. The van der Waals surface area contributed by atoms with Gasteiger partial charge in [0.15, 0.2) is 0 Å². The lowest BCUT2D eigenvalue weighted by Gasteiger charge is -2.33. The fourth-order valence-electron chi connectivity index (χ4n) is 2.41. The standard InChI is InChI=1S/C15H21ClN2O/c1-11(12-3-5-13(16)6-4-12)18-14(19)15(2)7-9-17-10-8-15/h3-6,11,17H,7-10H2,1-2H3,(H,18,19)/t11-/m0/s1. The zero-order valence-corrected chi connectivity index (χ0v) is 12.3. The van der Waals surface area contributed by atoms with Crippen LogP contribution in [0.4, 0.5) is 0 Å². The molecule has 1 fully saturated rings. The first-order valence-electron chi connectivity index (χ1n) is 6.78. The van der Waals surface area contributed by atoms with Crippen molar-refractivity contribution in [3.8, 4) is 0 Å². The molecule has 3 nitrogen and oxygen atoms in total. The number of hydrogen-bond acceptors (Lipinski definition) is 2. The molecule has 1 aromatic rings. The van der Waals surface area contributed by atoms with Crippen molar-refractivity contribution in [2.24, 2.45) is 5.41 Å². The van der Waals surface area contributed by atoms with E-state index in [-0.39, 0.29) is 17.4 Å². The SMILES string of the molecule is C[C@H](NC(=O)C1(C)CCNCC1)c1ccc(Cl)cc1. The van der Waals surface area contributed by atoms with E-state index in [1.807, 2.05) is 31.2 Å². The Morgan fingerprint density at radius 3 is 2.47 bits per heavy atom. The van der Waals surface area contributed by atoms with E-state index in [4.69, 9.17) is 11.6 Å². The number of benzene rings is 1. The third-order valence-corrected chi connectivity index (χ3v) is 4.22. The van der Waals surface area contributed by atoms with Gasteiger partial charge < -0.3 is 10.6 Å². The fraction of sp³-hybridized carbons (Fsp3) is 0.533. The molecule has 1 aliphatic rings. The number of carbonyl (C=O) groups is 1. The van der Waals surface area contributed by atoms with Crippen molar-refractivity contribution in [1.29, 1.82) is 0 Å². The topological polar surface area (TPSA) is 41.1 Å². The van der Waals surface area contributed by atoms with Gasteiger partial charge in [-0.1, -0.05) is 30.7 Å². The highest BCUT2D eigenvalue weighted by Crippen LogP contribution is 2.29. The monoisotopic (exact) mass is 280 g/mol. The molecule has 0 aliphatic carbocycles. The van der Waals surface area contributed by atoms with Crippen molar-refractivity contribution in [3.63, 3.8) is 0 Å². The molecule has 0 radical (unpaired) electrons. The van der Waals surface area contributed by atoms with E-state index in [0.29, 0.717) is 5.02 Å². The minimum atomic E-state index is -0.244. The zero-order valence-electron chi connectivity index (χ0n) is 11.5. The molecular weight excluding hydrogens is 260 g/mol. The summed E-state index contributed by atoms with van der Waals surface area (Å²) in [6, 6.07) is 7.63. The lowest BCUT2D eigenvalue weighted by atomic mass is 9.80. The molecule has 4 heteroatoms. The summed E-state index contributed by atoms with van der Waals surface area (Å²) < 4.78 is 0. The average molecular weight is 281 g/mol. The summed E-state index contributed by atoms with van der Waals surface area (Å²) in [5.74, 6) is 0.149. The van der Waals surface area contributed by atoms with Crippen LogP contribution < -0.4 is 10.6 Å². The van der Waals surface area contributed by atoms with Gasteiger partial charge in [-0.2, -0.15) is 0 Å². The van der Waals surface area contributed by atoms with Crippen LogP contribution in [0, 0.1) is 5.41 Å². The van der Waals surface area contributed by atoms with Crippen molar-refractivity contribution >= 4 is 17.5 Å². The van der Waals surface area contributed by atoms with E-state index in [9.17, 15) is 4.79 Å². The van der Waals surface area contributed by atoms with Gasteiger partial charge in [0.1, 0.15) is 0 Å². The van der Waals surface area contributed by atoms with Crippen LogP contribution in [0.3, 0.4) is 0 Å². The molecule has 1 aliphatic heterocycles. The molecule has 0 bridgehead atoms. The van der Waals surface area contributed by atoms with Crippen LogP contribution in [0.5, 0.6) is 0 Å². The summed E-state index contributed by atoms with van der Waals surface area (Å²) in [6.07, 6.45) is 1.79. The lowest BCUT2D eigenvalue weighted by molar-refractivity contribution is -0.132. The molecule has 0 aromatic heterocycles. The summed E-state index contributed by atoms with van der Waals surface area (Å²) >= 11 is 5.87. The first-order chi connectivity index (χ1) is 9.01. The van der Waals surface area contributed by atoms with Gasteiger partial charge in [-0.25, -0.2) is 0 Å². The second-order valence-electron chi connectivity index (χ2n) is 5.56. The summed E-state index contributed by atoms with van der Waals surface area (Å²) in [5, 5.41) is 7.12. The molecule has 1 aromatic carbocycles. The van der Waals surface area contributed by atoms with E-state index < -0.39 is 0 Å². The van der Waals surface area contributed by atoms with E-state index in [1.54, 1.807) is 0 Å². The van der Waals surface area contributed by atoms with Crippen molar-refractivity contribution in [2.45, 2.75) is 32.7 Å². The summed E-state index contributed by atoms with van der Waals surface area (Å²) in [6.45, 7) is 5.89. The molecule has 19 heavy (non-hydrogen) atoms. The second kappa shape index (κ2) is 5.93. The van der Waals surface area contributed by atoms with Crippen LogP contribution >= 0.6 is 11.6 Å². The minimum Gasteiger partial charge on any atom is -0.349 e. The number of carbonyl (C=O) groups excluding carboxylic acids is 1. The van der Waals surface area contributed by atoms with Crippen molar-refractivity contribution < 1.29 is 4.79 Å². The van der Waals surface area contributed by atoms with Crippen molar-refractivity contribution in [2.75, 3.05) is 13.1 Å². The maximum absolute atomic E-state index is 12.4. The Labute approximate surface area is 119 Å². The van der Waals surface area contributed by atoms with Gasteiger partial charge in [-0.05, 0) is 50.6 Å². The van der Waals surface area contributed by atoms with Gasteiger partial charge in [0.05, 0.1) is 6.04 Å². The Balaban J connectivity index is 2.00. The molecule has 0 saturated carbocycles. The quantitative estimate of drug-likeness (QED) is 0.894. The maximum atomic E-state index is 12.4. The highest BCUT2D eigenvalue weighted by Gasteiger charge is 2.35. The smallest absolute Gasteiger partial charge is 0.226 e. The minimum absolute atomic E-state index is 0.0106. The van der Waals surface area contributed by atoms with Crippen LogP contribution in [0.15, 0.2) is 24.3 Å². The van der Waals surface area contributed by atoms with Gasteiger partial charge in [0.25, 0.3) is 0 Å². The Morgan fingerprint density at radius 1 is 1.32 bits per heavy atom. The number of piperidine rings is 1. The third-order valence-electron chi connectivity index (χ3n) is 3.97. The van der Waals surface area contributed by atoms with Gasteiger partial charge in [-0.15, -0.1) is 0 Å². The molecule has 0 spiro atoms. The van der Waals surface area contributed by atoms with Crippen LogP contribution in [-0.2, 0) is 4.79 Å². The first kappa shape index (κ1) is 14.4. The maximum Gasteiger partial charge on any atom is 0.226 e. The van der Waals surface area contributed by atoms with Gasteiger partial charge >= 0.3 is 0 Å². The lowest BCUT2D eigenvalue weighted by Crippen LogP contribution is -2.46. The number of amides is 1. The average Bonchev–Trinajstić information content (AvgIpc) is 2.40. The number of nitrogens with one attached hydrogen (secondary N) is 2. The largest absolute Gasteiger partial charge is 0.349 e. The van der Waals surface area contributed by atoms with E-state index in [2.05, 4.69) is 17.6 Å². The second-order valence-corrected chi connectivity index (χ2v) is 5.99. The van der Waals surface area contributed by atoms with Crippen LogP contribution in [0.1, 0.15) is 38.3 Å². The normalized spacial score (nSPS) is 19.7. The summed E-state index contributed by atoms with van der Waals surface area (Å²) in [4.78, 5) is 12.4. The van der Waals surface area contributed by atoms with Crippen molar-refractivity contribution in [3.05, 3.63) is 34.9 Å². The van der Waals surface area contributed by atoms with Gasteiger partial charge in [0, 0.05) is 10.4 Å². The predicted octanol–water partition coefficient (Wildman–Crippen LogP) is 2.91. The Bertz CT molecular complexity index is 438. The van der Waals surface area contributed by atoms with Gasteiger partial charge in [0.2, 0.25) is 5.91 Å². The Morgan fingerprint density at radius 2 is 1.89 bits per heavy atom. The van der Waals surface area contributed by atoms with Crippen LogP contribution in [0.2, 0.25) is 5.02 Å². The van der Waals surface area contributed by atoms with Crippen LogP contribution in [-0.4, -0.2) is 19.0 Å². The molecule has 1 saturated heterocycles. The fourth-order valence-corrected chi connectivity index (χ4v) is 2.54. The molecule has 2 rings (SSSR count). The summed E-state index contributed by atoms with van der Waals surface area (Å²) in [7, 11) is 0. The number of rotatable bonds is 3. The van der Waals surface area contributed by atoms with E-state index in [1.165, 1.54) is 0 Å². The Kier molecular flexibility index (Phi) is 4.48. The number of hydrogen-bond donors (Lipinski definition) is 2. The Hall–Kier alpha value is -1.06. The van der Waals surface area contributed by atoms with Crippen LogP contribution in [0.25, 0.3) is 0 Å². The molecule has 1 atom stereocenters. The zero-order chi connectivity index (χ0) is 13.9. The molecule has 104 valence electrons. The molecule has 2 N–H and O–H groups in total. The molecule has 1 heterocycles. The highest BCUT2D eigenvalue weighted by atomic mass is 35.5. The first-order valence-corrected chi connectivity index (χ1v) is 7.16. The molecule has 1 amide bonds. The molecular formula is C15H21ClN2O. The third kappa shape index (κ3) is 3.48. The van der Waals surface area contributed by atoms with E-state index >= 15 is 0 Å². The number of halogens is 1.